The third-order valence-electron chi connectivity index (χ3n) is 1.85. The normalized spacial score (nSPS) is 12.3. The molecule has 3 N–H and O–H groups in total. The molecule has 0 aliphatic heterocycles. The van der Waals surface area contributed by atoms with Crippen molar-refractivity contribution >= 4 is 17.6 Å². The first-order valence-corrected chi connectivity index (χ1v) is 4.36. The molecule has 6 heteroatoms. The van der Waals surface area contributed by atoms with Crippen molar-refractivity contribution in [3.05, 3.63) is 28.5 Å². The summed E-state index contributed by atoms with van der Waals surface area (Å²) >= 11 is 5.65. The zero-order chi connectivity index (χ0) is 11.6. The summed E-state index contributed by atoms with van der Waals surface area (Å²) in [5.74, 6) is -2.27. The van der Waals surface area contributed by atoms with Crippen molar-refractivity contribution in [3.63, 3.8) is 0 Å². The highest BCUT2D eigenvalue weighted by molar-refractivity contribution is 6.30. The van der Waals surface area contributed by atoms with Gasteiger partial charge in [-0.3, -0.25) is 4.79 Å². The van der Waals surface area contributed by atoms with E-state index in [0.29, 0.717) is 0 Å². The van der Waals surface area contributed by atoms with Crippen molar-refractivity contribution in [1.29, 1.82) is 0 Å². The van der Waals surface area contributed by atoms with Crippen LogP contribution in [0.4, 0.5) is 4.39 Å². The molecule has 0 fully saturated rings. The number of carboxylic acid groups (broad SMARTS) is 1. The molecule has 0 spiro atoms. The molecule has 1 aromatic rings. The van der Waals surface area contributed by atoms with Gasteiger partial charge in [-0.15, -0.1) is 0 Å². The molecule has 0 aromatic heterocycles. The van der Waals surface area contributed by atoms with Crippen molar-refractivity contribution in [2.75, 3.05) is 7.11 Å². The van der Waals surface area contributed by atoms with Gasteiger partial charge in [0.1, 0.15) is 6.04 Å². The number of benzene rings is 1. The molecule has 0 saturated carbocycles. The zero-order valence-corrected chi connectivity index (χ0v) is 8.58. The standard InChI is InChI=1S/C9H9ClFNO3/c1-15-6-3-4(10)2-5(7(6)11)8(12)9(13)14/h2-3,8H,12H2,1H3,(H,13,14). The number of aliphatic carboxylic acids is 1. The highest BCUT2D eigenvalue weighted by Crippen LogP contribution is 2.28. The molecule has 1 rings (SSSR count). The molecule has 0 amide bonds. The number of methoxy groups -OCH3 is 1. The van der Waals surface area contributed by atoms with E-state index in [2.05, 4.69) is 4.74 Å². The highest BCUT2D eigenvalue weighted by Gasteiger charge is 2.21. The molecule has 0 heterocycles. The summed E-state index contributed by atoms with van der Waals surface area (Å²) in [6, 6.07) is 0.949. The Morgan fingerprint density at radius 2 is 2.27 bits per heavy atom. The fourth-order valence-electron chi connectivity index (χ4n) is 1.09. The lowest BCUT2D eigenvalue weighted by atomic mass is 10.1. The van der Waals surface area contributed by atoms with Crippen molar-refractivity contribution in [2.45, 2.75) is 6.04 Å². The number of carbonyl (C=O) groups is 1. The summed E-state index contributed by atoms with van der Waals surface area (Å²) in [6.07, 6.45) is 0. The first-order chi connectivity index (χ1) is 6.97. The van der Waals surface area contributed by atoms with Gasteiger partial charge in [-0.1, -0.05) is 11.6 Å². The van der Waals surface area contributed by atoms with Crippen LogP contribution in [0, 0.1) is 5.82 Å². The van der Waals surface area contributed by atoms with Crippen LogP contribution in [0.3, 0.4) is 0 Å². The van der Waals surface area contributed by atoms with Crippen molar-refractivity contribution < 1.29 is 19.0 Å². The lowest BCUT2D eigenvalue weighted by Crippen LogP contribution is -2.22. The van der Waals surface area contributed by atoms with E-state index >= 15 is 0 Å². The Balaban J connectivity index is 3.28. The van der Waals surface area contributed by atoms with Crippen LogP contribution in [0.2, 0.25) is 5.02 Å². The van der Waals surface area contributed by atoms with E-state index in [-0.39, 0.29) is 16.3 Å². The van der Waals surface area contributed by atoms with Gasteiger partial charge < -0.3 is 15.6 Å². The van der Waals surface area contributed by atoms with E-state index in [1.807, 2.05) is 0 Å². The average Bonchev–Trinajstić information content (AvgIpc) is 2.19. The Bertz CT molecular complexity index is 397. The molecule has 0 bridgehead atoms. The first kappa shape index (κ1) is 11.7. The van der Waals surface area contributed by atoms with Crippen molar-refractivity contribution in [1.82, 2.24) is 0 Å². The number of carboxylic acids is 1. The molecule has 1 atom stereocenters. The SMILES string of the molecule is COc1cc(Cl)cc(C(N)C(=O)O)c1F. The molecular weight excluding hydrogens is 225 g/mol. The largest absolute Gasteiger partial charge is 0.494 e. The maximum absolute atomic E-state index is 13.5. The maximum Gasteiger partial charge on any atom is 0.325 e. The third kappa shape index (κ3) is 2.37. The molecule has 15 heavy (non-hydrogen) atoms. The van der Waals surface area contributed by atoms with E-state index in [0.717, 1.165) is 6.07 Å². The van der Waals surface area contributed by atoms with Crippen LogP contribution < -0.4 is 10.5 Å². The monoisotopic (exact) mass is 233 g/mol. The van der Waals surface area contributed by atoms with E-state index in [9.17, 15) is 9.18 Å². The first-order valence-electron chi connectivity index (χ1n) is 3.98. The summed E-state index contributed by atoms with van der Waals surface area (Å²) in [5.41, 5.74) is 5.08. The van der Waals surface area contributed by atoms with Gasteiger partial charge in [-0.05, 0) is 6.07 Å². The quantitative estimate of drug-likeness (QED) is 0.831. The summed E-state index contributed by atoms with van der Waals surface area (Å²) < 4.78 is 18.2. The second-order valence-corrected chi connectivity index (χ2v) is 3.26. The molecule has 0 aliphatic carbocycles. The number of rotatable bonds is 3. The van der Waals surface area contributed by atoms with Gasteiger partial charge in [0.15, 0.2) is 11.6 Å². The second-order valence-electron chi connectivity index (χ2n) is 2.83. The van der Waals surface area contributed by atoms with E-state index in [1.165, 1.54) is 13.2 Å². The zero-order valence-electron chi connectivity index (χ0n) is 7.83. The van der Waals surface area contributed by atoms with Crippen LogP contribution in [0.15, 0.2) is 12.1 Å². The number of ether oxygens (including phenoxy) is 1. The fraction of sp³-hybridized carbons (Fsp3) is 0.222. The van der Waals surface area contributed by atoms with Crippen LogP contribution >= 0.6 is 11.6 Å². The molecule has 1 aromatic carbocycles. The van der Waals surface area contributed by atoms with E-state index < -0.39 is 17.8 Å². The summed E-state index contributed by atoms with van der Waals surface area (Å²) in [4.78, 5) is 10.6. The summed E-state index contributed by atoms with van der Waals surface area (Å²) in [5, 5.41) is 8.81. The lowest BCUT2D eigenvalue weighted by molar-refractivity contribution is -0.138. The minimum atomic E-state index is -1.46. The van der Waals surface area contributed by atoms with E-state index in [4.69, 9.17) is 22.4 Å². The van der Waals surface area contributed by atoms with Crippen molar-refractivity contribution in [2.24, 2.45) is 5.73 Å². The van der Waals surface area contributed by atoms with Crippen LogP contribution in [-0.4, -0.2) is 18.2 Å². The minimum Gasteiger partial charge on any atom is -0.494 e. The molecular formula is C9H9ClFNO3. The van der Waals surface area contributed by atoms with Crippen molar-refractivity contribution in [3.8, 4) is 5.75 Å². The average molecular weight is 234 g/mol. The molecule has 0 aliphatic rings. The lowest BCUT2D eigenvalue weighted by Gasteiger charge is -2.11. The summed E-state index contributed by atoms with van der Waals surface area (Å²) in [6.45, 7) is 0. The van der Waals surface area contributed by atoms with Gasteiger partial charge in [0.2, 0.25) is 0 Å². The van der Waals surface area contributed by atoms with Crippen LogP contribution in [-0.2, 0) is 4.79 Å². The van der Waals surface area contributed by atoms with Gasteiger partial charge >= 0.3 is 5.97 Å². The topological polar surface area (TPSA) is 72.5 Å². The Labute approximate surface area is 90.4 Å². The molecule has 4 nitrogen and oxygen atoms in total. The van der Waals surface area contributed by atoms with Gasteiger partial charge in [0.05, 0.1) is 7.11 Å². The Kier molecular flexibility index (Phi) is 3.49. The Morgan fingerprint density at radius 3 is 2.73 bits per heavy atom. The van der Waals surface area contributed by atoms with Gasteiger partial charge in [0, 0.05) is 16.7 Å². The number of nitrogens with two attached hydrogens (primary N) is 1. The van der Waals surface area contributed by atoms with Gasteiger partial charge in [-0.25, -0.2) is 4.39 Å². The van der Waals surface area contributed by atoms with Crippen LogP contribution in [0.25, 0.3) is 0 Å². The van der Waals surface area contributed by atoms with Crippen LogP contribution in [0.1, 0.15) is 11.6 Å². The molecule has 0 radical (unpaired) electrons. The Morgan fingerprint density at radius 1 is 1.67 bits per heavy atom. The molecule has 0 saturated heterocycles. The van der Waals surface area contributed by atoms with Gasteiger partial charge in [0.25, 0.3) is 0 Å². The third-order valence-corrected chi connectivity index (χ3v) is 2.07. The maximum atomic E-state index is 13.5. The number of hydrogen-bond acceptors (Lipinski definition) is 3. The van der Waals surface area contributed by atoms with Gasteiger partial charge in [-0.2, -0.15) is 0 Å². The minimum absolute atomic E-state index is 0.130. The smallest absolute Gasteiger partial charge is 0.325 e. The summed E-state index contributed by atoms with van der Waals surface area (Å²) in [7, 11) is 1.25. The second kappa shape index (κ2) is 4.46. The highest BCUT2D eigenvalue weighted by atomic mass is 35.5. The predicted molar refractivity (Wildman–Crippen MR) is 52.5 cm³/mol. The Hall–Kier alpha value is -1.33. The number of hydrogen-bond donors (Lipinski definition) is 2. The van der Waals surface area contributed by atoms with Crippen LogP contribution in [0.5, 0.6) is 5.75 Å². The fourth-order valence-corrected chi connectivity index (χ4v) is 1.31. The number of halogens is 2. The van der Waals surface area contributed by atoms with E-state index in [1.54, 1.807) is 0 Å². The molecule has 1 unspecified atom stereocenters. The predicted octanol–water partition coefficient (Wildman–Crippen LogP) is 1.57. The molecule has 82 valence electrons.